The Labute approximate surface area is 256 Å². The van der Waals surface area contributed by atoms with Crippen molar-refractivity contribution in [2.24, 2.45) is 0 Å². The zero-order valence-electron chi connectivity index (χ0n) is 25.1. The Hall–Kier alpha value is -5.24. The van der Waals surface area contributed by atoms with Gasteiger partial charge in [0.05, 0.1) is 22.3 Å². The minimum absolute atomic E-state index is 0.244. The van der Waals surface area contributed by atoms with E-state index in [1.807, 2.05) is 38.1 Å². The van der Waals surface area contributed by atoms with Gasteiger partial charge in [0.15, 0.2) is 0 Å². The van der Waals surface area contributed by atoms with E-state index in [4.69, 9.17) is 18.9 Å². The van der Waals surface area contributed by atoms with Gasteiger partial charge in [0.25, 0.3) is 0 Å². The third-order valence-electron chi connectivity index (χ3n) is 7.04. The van der Waals surface area contributed by atoms with Crippen molar-refractivity contribution in [3.8, 4) is 11.5 Å². The largest absolute Gasteiger partial charge is 0.455 e. The molecule has 0 aliphatic rings. The summed E-state index contributed by atoms with van der Waals surface area (Å²) >= 11 is 0. The molecule has 8 heteroatoms. The van der Waals surface area contributed by atoms with Crippen molar-refractivity contribution in [1.29, 1.82) is 0 Å². The minimum Gasteiger partial charge on any atom is -0.455 e. The number of hydrogen-bond donors (Lipinski definition) is 0. The van der Waals surface area contributed by atoms with E-state index in [-0.39, 0.29) is 22.6 Å². The predicted octanol–water partition coefficient (Wildman–Crippen LogP) is 7.04. The molecule has 226 valence electrons. The fourth-order valence-corrected chi connectivity index (χ4v) is 4.07. The minimum atomic E-state index is -0.755. The zero-order chi connectivity index (χ0) is 31.6. The first-order valence-electron chi connectivity index (χ1n) is 14.4. The van der Waals surface area contributed by atoms with Crippen LogP contribution >= 0.6 is 0 Å². The molecule has 0 aliphatic carbocycles. The number of benzene rings is 4. The molecule has 0 heterocycles. The van der Waals surface area contributed by atoms with Gasteiger partial charge in [0.1, 0.15) is 23.7 Å². The van der Waals surface area contributed by atoms with Crippen LogP contribution in [0.4, 0.5) is 0 Å². The van der Waals surface area contributed by atoms with Crippen molar-refractivity contribution in [1.82, 2.24) is 0 Å². The second-order valence-corrected chi connectivity index (χ2v) is 10.1. The van der Waals surface area contributed by atoms with Gasteiger partial charge in [-0.05, 0) is 111 Å². The van der Waals surface area contributed by atoms with E-state index < -0.39 is 36.1 Å². The number of carbonyl (C=O) groups excluding carboxylic acids is 4. The molecule has 4 rings (SSSR count). The van der Waals surface area contributed by atoms with Crippen molar-refractivity contribution in [3.63, 3.8) is 0 Å². The molecule has 0 N–H and O–H groups in total. The zero-order valence-corrected chi connectivity index (χ0v) is 25.1. The normalized spacial score (nSPS) is 12.0. The van der Waals surface area contributed by atoms with Crippen LogP contribution in [0, 0.1) is 0 Å². The van der Waals surface area contributed by atoms with Crippen LogP contribution in [0.5, 0.6) is 11.5 Å². The van der Waals surface area contributed by atoms with E-state index in [1.54, 1.807) is 38.1 Å². The molecule has 0 amide bonds. The highest BCUT2D eigenvalue weighted by molar-refractivity contribution is 5.93. The van der Waals surface area contributed by atoms with Gasteiger partial charge in [-0.15, -0.1) is 0 Å². The average Bonchev–Trinajstić information content (AvgIpc) is 3.05. The predicted molar refractivity (Wildman–Crippen MR) is 164 cm³/mol. The first-order chi connectivity index (χ1) is 21.2. The summed E-state index contributed by atoms with van der Waals surface area (Å²) in [5.74, 6) is -1.67. The van der Waals surface area contributed by atoms with Crippen LogP contribution in [-0.4, -0.2) is 36.1 Å². The van der Waals surface area contributed by atoms with E-state index in [1.165, 1.54) is 48.5 Å². The summed E-state index contributed by atoms with van der Waals surface area (Å²) in [6.45, 7) is 7.30. The highest BCUT2D eigenvalue weighted by atomic mass is 16.6. The van der Waals surface area contributed by atoms with Gasteiger partial charge >= 0.3 is 23.9 Å². The van der Waals surface area contributed by atoms with Crippen LogP contribution in [0.3, 0.4) is 0 Å². The summed E-state index contributed by atoms with van der Waals surface area (Å²) in [7, 11) is 0. The topological polar surface area (TPSA) is 105 Å². The van der Waals surface area contributed by atoms with Gasteiger partial charge < -0.3 is 18.9 Å². The van der Waals surface area contributed by atoms with E-state index in [0.717, 1.165) is 24.0 Å². The van der Waals surface area contributed by atoms with Crippen LogP contribution in [0.15, 0.2) is 97.1 Å². The summed E-state index contributed by atoms with van der Waals surface area (Å²) in [5, 5.41) is 0. The summed E-state index contributed by atoms with van der Waals surface area (Å²) in [5.41, 5.74) is 3.58. The first-order valence-corrected chi connectivity index (χ1v) is 14.4. The molecule has 2 unspecified atom stereocenters. The van der Waals surface area contributed by atoms with Gasteiger partial charge in [0.2, 0.25) is 0 Å². The van der Waals surface area contributed by atoms with E-state index >= 15 is 0 Å². The van der Waals surface area contributed by atoms with Gasteiger partial charge in [-0.25, -0.2) is 19.2 Å². The SMILES string of the molecule is CCc1ccc(C(=O)Oc2ccc(C(=O)OC(C)C(C)OC(=O)c3ccc(OC(=O)c4ccc(CC)cc4)cc3)cc2)cc1. The number of aryl methyl sites for hydroxylation is 2. The van der Waals surface area contributed by atoms with Gasteiger partial charge in [0, 0.05) is 0 Å². The number of rotatable bonds is 11. The first kappa shape index (κ1) is 31.7. The lowest BCUT2D eigenvalue weighted by Gasteiger charge is -2.21. The summed E-state index contributed by atoms with van der Waals surface area (Å²) in [4.78, 5) is 50.2. The fourth-order valence-electron chi connectivity index (χ4n) is 4.07. The highest BCUT2D eigenvalue weighted by Gasteiger charge is 2.23. The van der Waals surface area contributed by atoms with Crippen LogP contribution in [0.25, 0.3) is 0 Å². The molecule has 0 saturated heterocycles. The lowest BCUT2D eigenvalue weighted by Crippen LogP contribution is -2.30. The van der Waals surface area contributed by atoms with Gasteiger partial charge in [-0.2, -0.15) is 0 Å². The molecule has 4 aromatic rings. The number of esters is 4. The molecule has 44 heavy (non-hydrogen) atoms. The fraction of sp³-hybridized carbons (Fsp3) is 0.222. The maximum absolute atomic E-state index is 12.7. The lowest BCUT2D eigenvalue weighted by atomic mass is 10.1. The van der Waals surface area contributed by atoms with Crippen LogP contribution in [0.2, 0.25) is 0 Å². The van der Waals surface area contributed by atoms with Crippen molar-refractivity contribution >= 4 is 23.9 Å². The number of hydrogen-bond acceptors (Lipinski definition) is 8. The summed E-state index contributed by atoms with van der Waals surface area (Å²) < 4.78 is 21.8. The number of ether oxygens (including phenoxy) is 4. The molecule has 0 aliphatic heterocycles. The third-order valence-corrected chi connectivity index (χ3v) is 7.04. The van der Waals surface area contributed by atoms with Crippen LogP contribution in [-0.2, 0) is 22.3 Å². The molecule has 4 aromatic carbocycles. The van der Waals surface area contributed by atoms with Crippen molar-refractivity contribution in [3.05, 3.63) is 130 Å². The summed E-state index contributed by atoms with van der Waals surface area (Å²) in [6.07, 6.45) is 0.232. The van der Waals surface area contributed by atoms with Crippen molar-refractivity contribution in [2.75, 3.05) is 0 Å². The Kier molecular flexibility index (Phi) is 10.6. The Bertz CT molecular complexity index is 1470. The quantitative estimate of drug-likeness (QED) is 0.135. The van der Waals surface area contributed by atoms with Gasteiger partial charge in [-0.1, -0.05) is 38.1 Å². The Balaban J connectivity index is 1.25. The molecule has 0 fully saturated rings. The molecule has 0 spiro atoms. The Morgan fingerprint density at radius 2 is 0.727 bits per heavy atom. The molecular weight excluding hydrogens is 560 g/mol. The lowest BCUT2D eigenvalue weighted by molar-refractivity contribution is -0.0239. The molecule has 8 nitrogen and oxygen atoms in total. The van der Waals surface area contributed by atoms with Crippen molar-refractivity contribution < 1.29 is 38.1 Å². The molecule has 0 bridgehead atoms. The van der Waals surface area contributed by atoms with Crippen LogP contribution < -0.4 is 9.47 Å². The molecule has 2 atom stereocenters. The average molecular weight is 595 g/mol. The maximum atomic E-state index is 12.7. The monoisotopic (exact) mass is 594 g/mol. The molecule has 0 aromatic heterocycles. The molecule has 0 radical (unpaired) electrons. The van der Waals surface area contributed by atoms with E-state index in [0.29, 0.717) is 11.1 Å². The highest BCUT2D eigenvalue weighted by Crippen LogP contribution is 2.19. The smallest absolute Gasteiger partial charge is 0.343 e. The Morgan fingerprint density at radius 1 is 0.455 bits per heavy atom. The second-order valence-electron chi connectivity index (χ2n) is 10.1. The Morgan fingerprint density at radius 3 is 1.02 bits per heavy atom. The third kappa shape index (κ3) is 8.41. The maximum Gasteiger partial charge on any atom is 0.343 e. The van der Waals surface area contributed by atoms with Crippen molar-refractivity contribution in [2.45, 2.75) is 52.7 Å². The number of carbonyl (C=O) groups is 4. The molecular formula is C36H34O8. The summed E-state index contributed by atoms with van der Waals surface area (Å²) in [6, 6.07) is 26.3. The van der Waals surface area contributed by atoms with Gasteiger partial charge in [-0.3, -0.25) is 0 Å². The standard InChI is InChI=1S/C36H34O8/c1-5-25-7-11-27(12-8-25)35(39)43-31-19-15-29(16-20-31)33(37)41-23(3)24(4)42-34(38)30-17-21-32(22-18-30)44-36(40)28-13-9-26(6-2)10-14-28/h7-24H,5-6H2,1-4H3. The molecule has 0 saturated carbocycles. The van der Waals surface area contributed by atoms with Crippen LogP contribution in [0.1, 0.15) is 80.3 Å². The second kappa shape index (κ2) is 14.8. The van der Waals surface area contributed by atoms with E-state index in [2.05, 4.69) is 0 Å². The van der Waals surface area contributed by atoms with E-state index in [9.17, 15) is 19.2 Å².